The van der Waals surface area contributed by atoms with Crippen LogP contribution in [0.3, 0.4) is 0 Å². The molecule has 0 aliphatic heterocycles. The molecule has 0 fully saturated rings. The minimum atomic E-state index is -0.666. The zero-order chi connectivity index (χ0) is 23.3. The van der Waals surface area contributed by atoms with Gasteiger partial charge in [0.05, 0.1) is 5.56 Å². The highest BCUT2D eigenvalue weighted by Gasteiger charge is 2.25. The van der Waals surface area contributed by atoms with E-state index in [1.54, 1.807) is 0 Å². The van der Waals surface area contributed by atoms with Gasteiger partial charge in [0.2, 0.25) is 0 Å². The first-order valence-corrected chi connectivity index (χ1v) is 11.7. The summed E-state index contributed by atoms with van der Waals surface area (Å²) in [5.41, 5.74) is 4.48. The third-order valence-electron chi connectivity index (χ3n) is 5.18. The number of amides is 2. The Morgan fingerprint density at radius 2 is 1.75 bits per heavy atom. The van der Waals surface area contributed by atoms with Crippen LogP contribution in [0, 0.1) is 13.8 Å². The van der Waals surface area contributed by atoms with Crippen molar-refractivity contribution in [3.05, 3.63) is 70.6 Å². The zero-order valence-corrected chi connectivity index (χ0v) is 20.0. The highest BCUT2D eigenvalue weighted by Crippen LogP contribution is 2.36. The normalized spacial score (nSPS) is 11.8. The van der Waals surface area contributed by atoms with Crippen molar-refractivity contribution < 1.29 is 14.3 Å². The van der Waals surface area contributed by atoms with Crippen LogP contribution in [0.1, 0.15) is 48.7 Å². The zero-order valence-electron chi connectivity index (χ0n) is 19.2. The molecule has 32 heavy (non-hydrogen) atoms. The number of carbonyl (C=O) groups excluding carboxylic acids is 2. The van der Waals surface area contributed by atoms with Crippen LogP contribution in [0.15, 0.2) is 53.9 Å². The summed E-state index contributed by atoms with van der Waals surface area (Å²) in [7, 11) is 0. The first-order chi connectivity index (χ1) is 15.3. The van der Waals surface area contributed by atoms with E-state index in [9.17, 15) is 9.59 Å². The van der Waals surface area contributed by atoms with Gasteiger partial charge in [-0.05, 0) is 62.9 Å². The van der Waals surface area contributed by atoms with Gasteiger partial charge in [-0.2, -0.15) is 0 Å². The van der Waals surface area contributed by atoms with Crippen LogP contribution in [-0.2, 0) is 4.79 Å². The van der Waals surface area contributed by atoms with Gasteiger partial charge >= 0.3 is 0 Å². The van der Waals surface area contributed by atoms with Crippen molar-refractivity contribution >= 4 is 28.2 Å². The Morgan fingerprint density at radius 1 is 1.03 bits per heavy atom. The molecule has 0 saturated heterocycles. The van der Waals surface area contributed by atoms with Crippen molar-refractivity contribution in [2.24, 2.45) is 0 Å². The predicted molar refractivity (Wildman–Crippen MR) is 132 cm³/mol. The Labute approximate surface area is 193 Å². The van der Waals surface area contributed by atoms with E-state index in [2.05, 4.69) is 10.6 Å². The number of hydrogen-bond acceptors (Lipinski definition) is 4. The van der Waals surface area contributed by atoms with Crippen molar-refractivity contribution in [2.45, 2.75) is 53.2 Å². The van der Waals surface area contributed by atoms with E-state index < -0.39 is 6.10 Å². The molecule has 1 heterocycles. The summed E-state index contributed by atoms with van der Waals surface area (Å²) in [5.74, 6) is 0.174. The number of carbonyl (C=O) groups is 2. The Morgan fingerprint density at radius 3 is 2.38 bits per heavy atom. The van der Waals surface area contributed by atoms with Gasteiger partial charge < -0.3 is 15.4 Å². The van der Waals surface area contributed by atoms with E-state index in [-0.39, 0.29) is 17.9 Å². The van der Waals surface area contributed by atoms with Gasteiger partial charge in [-0.1, -0.05) is 43.3 Å². The van der Waals surface area contributed by atoms with Crippen LogP contribution in [0.2, 0.25) is 0 Å². The standard InChI is InChI=1S/C26H30N2O3S/c1-6-22(31-20-13-12-17(4)18(5)14-20)24(29)28-26-23(25(30)27-16(2)3)21(15-32-26)19-10-8-7-9-11-19/h7-16,22H,6H2,1-5H3,(H,27,30)(H,28,29)/t22-/m0/s1. The van der Waals surface area contributed by atoms with Gasteiger partial charge in [0.1, 0.15) is 10.8 Å². The van der Waals surface area contributed by atoms with Crippen LogP contribution in [0.25, 0.3) is 11.1 Å². The fourth-order valence-corrected chi connectivity index (χ4v) is 4.28. The molecule has 0 bridgehead atoms. The molecule has 2 amide bonds. The topological polar surface area (TPSA) is 67.4 Å². The maximum Gasteiger partial charge on any atom is 0.266 e. The lowest BCUT2D eigenvalue weighted by atomic mass is 10.0. The van der Waals surface area contributed by atoms with Gasteiger partial charge in [0.15, 0.2) is 6.10 Å². The number of thiophene rings is 1. The quantitative estimate of drug-likeness (QED) is 0.444. The molecule has 6 heteroatoms. The fraction of sp³-hybridized carbons (Fsp3) is 0.308. The van der Waals surface area contributed by atoms with E-state index in [0.717, 1.165) is 16.7 Å². The number of ether oxygens (including phenoxy) is 1. The summed E-state index contributed by atoms with van der Waals surface area (Å²) in [4.78, 5) is 26.1. The van der Waals surface area contributed by atoms with Crippen molar-refractivity contribution in [2.75, 3.05) is 5.32 Å². The van der Waals surface area contributed by atoms with Gasteiger partial charge in [-0.15, -0.1) is 11.3 Å². The second-order valence-electron chi connectivity index (χ2n) is 8.10. The molecule has 168 valence electrons. The lowest BCUT2D eigenvalue weighted by molar-refractivity contribution is -0.122. The Balaban J connectivity index is 1.87. The third kappa shape index (κ3) is 5.56. The first-order valence-electron chi connectivity index (χ1n) is 10.8. The fourth-order valence-electron chi connectivity index (χ4n) is 3.31. The first kappa shape index (κ1) is 23.5. The molecule has 0 aliphatic rings. The van der Waals surface area contributed by atoms with Crippen LogP contribution in [-0.4, -0.2) is 24.0 Å². The molecule has 0 spiro atoms. The molecule has 0 saturated carbocycles. The summed E-state index contributed by atoms with van der Waals surface area (Å²) in [6, 6.07) is 15.5. The molecule has 0 aliphatic carbocycles. The number of rotatable bonds is 8. The Kier molecular flexibility index (Phi) is 7.70. The maximum atomic E-state index is 13.1. The molecular formula is C26H30N2O3S. The van der Waals surface area contributed by atoms with Gasteiger partial charge in [0, 0.05) is 17.0 Å². The highest BCUT2D eigenvalue weighted by atomic mass is 32.1. The van der Waals surface area contributed by atoms with E-state index in [4.69, 9.17) is 4.74 Å². The van der Waals surface area contributed by atoms with Gasteiger partial charge in [-0.3, -0.25) is 9.59 Å². The van der Waals surface area contributed by atoms with Gasteiger partial charge in [0.25, 0.3) is 11.8 Å². The second kappa shape index (κ2) is 10.5. The summed E-state index contributed by atoms with van der Waals surface area (Å²) in [5, 5.41) is 8.32. The average molecular weight is 451 g/mol. The molecular weight excluding hydrogens is 420 g/mol. The second-order valence-corrected chi connectivity index (χ2v) is 8.98. The van der Waals surface area contributed by atoms with Crippen LogP contribution in [0.5, 0.6) is 5.75 Å². The van der Waals surface area contributed by atoms with E-state index in [1.165, 1.54) is 16.9 Å². The molecule has 2 aromatic carbocycles. The van der Waals surface area contributed by atoms with E-state index in [0.29, 0.717) is 22.7 Å². The predicted octanol–water partition coefficient (Wildman–Crippen LogP) is 5.97. The Hall–Kier alpha value is -3.12. The number of hydrogen-bond donors (Lipinski definition) is 2. The summed E-state index contributed by atoms with van der Waals surface area (Å²) in [6.45, 7) is 9.78. The highest BCUT2D eigenvalue weighted by molar-refractivity contribution is 7.15. The molecule has 3 aromatic rings. The summed E-state index contributed by atoms with van der Waals surface area (Å²) in [6.07, 6.45) is -0.163. The molecule has 3 rings (SSSR count). The molecule has 1 aromatic heterocycles. The minimum absolute atomic E-state index is 0.0222. The largest absolute Gasteiger partial charge is 0.481 e. The lowest BCUT2D eigenvalue weighted by Crippen LogP contribution is -2.34. The maximum absolute atomic E-state index is 13.1. The monoisotopic (exact) mass is 450 g/mol. The van der Waals surface area contributed by atoms with E-state index >= 15 is 0 Å². The SMILES string of the molecule is CC[C@H](Oc1ccc(C)c(C)c1)C(=O)Nc1scc(-c2ccccc2)c1C(=O)NC(C)C. The number of anilines is 1. The number of benzene rings is 2. The van der Waals surface area contributed by atoms with Crippen molar-refractivity contribution in [1.82, 2.24) is 5.32 Å². The number of aryl methyl sites for hydroxylation is 2. The number of nitrogens with one attached hydrogen (secondary N) is 2. The van der Waals surface area contributed by atoms with Gasteiger partial charge in [-0.25, -0.2) is 0 Å². The van der Waals surface area contributed by atoms with Crippen molar-refractivity contribution in [3.8, 4) is 16.9 Å². The molecule has 0 unspecified atom stereocenters. The Bertz CT molecular complexity index is 1090. The summed E-state index contributed by atoms with van der Waals surface area (Å²) >= 11 is 1.35. The minimum Gasteiger partial charge on any atom is -0.481 e. The summed E-state index contributed by atoms with van der Waals surface area (Å²) < 4.78 is 5.98. The lowest BCUT2D eigenvalue weighted by Gasteiger charge is -2.18. The van der Waals surface area contributed by atoms with Crippen LogP contribution in [0.4, 0.5) is 5.00 Å². The van der Waals surface area contributed by atoms with Crippen molar-refractivity contribution in [3.63, 3.8) is 0 Å². The van der Waals surface area contributed by atoms with Crippen molar-refractivity contribution in [1.29, 1.82) is 0 Å². The molecule has 5 nitrogen and oxygen atoms in total. The third-order valence-corrected chi connectivity index (χ3v) is 6.07. The smallest absolute Gasteiger partial charge is 0.266 e. The molecule has 2 N–H and O–H groups in total. The van der Waals surface area contributed by atoms with Crippen LogP contribution < -0.4 is 15.4 Å². The molecule has 1 atom stereocenters. The van der Waals surface area contributed by atoms with Crippen LogP contribution >= 0.6 is 11.3 Å². The van der Waals surface area contributed by atoms with E-state index in [1.807, 2.05) is 88.5 Å². The molecule has 0 radical (unpaired) electrons. The average Bonchev–Trinajstić information content (AvgIpc) is 3.18.